The lowest BCUT2D eigenvalue weighted by molar-refractivity contribution is -0.136. The van der Waals surface area contributed by atoms with Crippen molar-refractivity contribution < 1.29 is 9.90 Å². The number of nitrogens with zero attached hydrogens (tertiary/aromatic N) is 2. The standard InChI is InChI=1S/C14H15N3O2/c18-12(19)9-11-13(10-5-2-1-3-6-10)16-14-15-7-4-8-17(11)14/h1-3,5-6H,4,7-9H2,(H,15,16)(H,18,19). The van der Waals surface area contributed by atoms with Gasteiger partial charge in [-0.3, -0.25) is 4.79 Å². The van der Waals surface area contributed by atoms with Gasteiger partial charge in [-0.2, -0.15) is 0 Å². The number of benzene rings is 1. The Labute approximate surface area is 110 Å². The summed E-state index contributed by atoms with van der Waals surface area (Å²) in [4.78, 5) is 15.6. The molecule has 0 saturated heterocycles. The van der Waals surface area contributed by atoms with Gasteiger partial charge in [0.1, 0.15) is 0 Å². The van der Waals surface area contributed by atoms with Gasteiger partial charge in [-0.1, -0.05) is 30.3 Å². The molecule has 0 atom stereocenters. The predicted molar refractivity (Wildman–Crippen MR) is 72.1 cm³/mol. The fourth-order valence-corrected chi connectivity index (χ4v) is 2.45. The zero-order valence-corrected chi connectivity index (χ0v) is 10.5. The van der Waals surface area contributed by atoms with Crippen LogP contribution in [0.15, 0.2) is 30.3 Å². The predicted octanol–water partition coefficient (Wildman–Crippen LogP) is 1.99. The molecule has 5 nitrogen and oxygen atoms in total. The minimum Gasteiger partial charge on any atom is -0.481 e. The van der Waals surface area contributed by atoms with E-state index in [1.807, 2.05) is 34.9 Å². The molecule has 19 heavy (non-hydrogen) atoms. The molecule has 0 fully saturated rings. The summed E-state index contributed by atoms with van der Waals surface area (Å²) < 4.78 is 1.99. The minimum atomic E-state index is -0.828. The van der Waals surface area contributed by atoms with E-state index < -0.39 is 5.97 Å². The Bertz CT molecular complexity index is 605. The molecular formula is C14H15N3O2. The molecule has 2 heterocycles. The van der Waals surface area contributed by atoms with Crippen LogP contribution in [0.2, 0.25) is 0 Å². The van der Waals surface area contributed by atoms with Crippen molar-refractivity contribution in [2.24, 2.45) is 0 Å². The lowest BCUT2D eigenvalue weighted by atomic mass is 10.1. The summed E-state index contributed by atoms with van der Waals surface area (Å²) in [5.41, 5.74) is 2.51. The van der Waals surface area contributed by atoms with Gasteiger partial charge in [-0.15, -0.1) is 0 Å². The Morgan fingerprint density at radius 1 is 1.37 bits per heavy atom. The molecule has 1 aromatic heterocycles. The Balaban J connectivity index is 2.12. The van der Waals surface area contributed by atoms with Crippen LogP contribution in [-0.2, 0) is 17.8 Å². The molecule has 2 N–H and O–H groups in total. The molecule has 0 radical (unpaired) electrons. The number of aromatic nitrogens is 2. The van der Waals surface area contributed by atoms with Crippen molar-refractivity contribution >= 4 is 11.9 Å². The monoisotopic (exact) mass is 257 g/mol. The van der Waals surface area contributed by atoms with Gasteiger partial charge < -0.3 is 15.0 Å². The second-order valence-electron chi connectivity index (χ2n) is 4.60. The lowest BCUT2D eigenvalue weighted by Gasteiger charge is -2.17. The summed E-state index contributed by atoms with van der Waals surface area (Å²) in [5.74, 6) is -0.0493. The van der Waals surface area contributed by atoms with E-state index in [1.165, 1.54) is 0 Å². The first kappa shape index (κ1) is 11.8. The first-order valence-corrected chi connectivity index (χ1v) is 6.36. The molecule has 0 aliphatic carbocycles. The van der Waals surface area contributed by atoms with Crippen molar-refractivity contribution in [3.05, 3.63) is 36.0 Å². The highest BCUT2D eigenvalue weighted by molar-refractivity contribution is 5.75. The topological polar surface area (TPSA) is 67.1 Å². The lowest BCUT2D eigenvalue weighted by Crippen LogP contribution is -2.19. The average Bonchev–Trinajstić information content (AvgIpc) is 2.78. The zero-order chi connectivity index (χ0) is 13.2. The van der Waals surface area contributed by atoms with E-state index in [0.29, 0.717) is 0 Å². The second-order valence-corrected chi connectivity index (χ2v) is 4.60. The van der Waals surface area contributed by atoms with Crippen LogP contribution in [0.1, 0.15) is 12.1 Å². The van der Waals surface area contributed by atoms with Gasteiger partial charge >= 0.3 is 5.97 Å². The van der Waals surface area contributed by atoms with E-state index in [1.54, 1.807) is 0 Å². The Morgan fingerprint density at radius 2 is 2.16 bits per heavy atom. The highest BCUT2D eigenvalue weighted by Crippen LogP contribution is 2.28. The molecule has 3 rings (SSSR count). The molecule has 98 valence electrons. The molecule has 0 bridgehead atoms. The number of anilines is 1. The van der Waals surface area contributed by atoms with Crippen molar-refractivity contribution in [1.82, 2.24) is 9.55 Å². The number of imidazole rings is 1. The van der Waals surface area contributed by atoms with Gasteiger partial charge in [0.05, 0.1) is 17.8 Å². The molecule has 1 aromatic carbocycles. The summed E-state index contributed by atoms with van der Waals surface area (Å²) >= 11 is 0. The van der Waals surface area contributed by atoms with Crippen LogP contribution >= 0.6 is 0 Å². The third-order valence-electron chi connectivity index (χ3n) is 3.28. The fourth-order valence-electron chi connectivity index (χ4n) is 2.45. The first-order valence-electron chi connectivity index (χ1n) is 6.36. The summed E-state index contributed by atoms with van der Waals surface area (Å²) in [6.45, 7) is 1.71. The van der Waals surface area contributed by atoms with Gasteiger partial charge in [0.2, 0.25) is 5.95 Å². The van der Waals surface area contributed by atoms with Crippen LogP contribution in [0.3, 0.4) is 0 Å². The Morgan fingerprint density at radius 3 is 2.89 bits per heavy atom. The Kier molecular flexibility index (Phi) is 2.95. The molecule has 5 heteroatoms. The number of carboxylic acids is 1. The van der Waals surface area contributed by atoms with Crippen LogP contribution < -0.4 is 5.32 Å². The van der Waals surface area contributed by atoms with E-state index in [0.717, 1.165) is 42.4 Å². The molecule has 0 unspecified atom stereocenters. The Hall–Kier alpha value is -2.30. The minimum absolute atomic E-state index is 0.00108. The molecule has 2 aromatic rings. The van der Waals surface area contributed by atoms with Gasteiger partial charge in [0.25, 0.3) is 0 Å². The van der Waals surface area contributed by atoms with Gasteiger partial charge in [-0.25, -0.2) is 4.98 Å². The van der Waals surface area contributed by atoms with E-state index in [4.69, 9.17) is 5.11 Å². The summed E-state index contributed by atoms with van der Waals surface area (Å²) in [7, 11) is 0. The molecule has 0 spiro atoms. The first-order chi connectivity index (χ1) is 9.25. The fraction of sp³-hybridized carbons (Fsp3) is 0.286. The number of nitrogens with one attached hydrogen (secondary N) is 1. The maximum Gasteiger partial charge on any atom is 0.309 e. The number of hydrogen-bond acceptors (Lipinski definition) is 3. The van der Waals surface area contributed by atoms with E-state index >= 15 is 0 Å². The van der Waals surface area contributed by atoms with E-state index in [2.05, 4.69) is 10.3 Å². The van der Waals surface area contributed by atoms with Crippen molar-refractivity contribution in [3.8, 4) is 11.3 Å². The van der Waals surface area contributed by atoms with Crippen LogP contribution in [0.5, 0.6) is 0 Å². The van der Waals surface area contributed by atoms with Crippen molar-refractivity contribution in [3.63, 3.8) is 0 Å². The van der Waals surface area contributed by atoms with Gasteiger partial charge in [0.15, 0.2) is 0 Å². The molecule has 1 aliphatic heterocycles. The van der Waals surface area contributed by atoms with Crippen molar-refractivity contribution in [2.45, 2.75) is 19.4 Å². The third-order valence-corrected chi connectivity index (χ3v) is 3.28. The highest BCUT2D eigenvalue weighted by atomic mass is 16.4. The van der Waals surface area contributed by atoms with Crippen molar-refractivity contribution in [2.75, 3.05) is 11.9 Å². The largest absolute Gasteiger partial charge is 0.481 e. The zero-order valence-electron chi connectivity index (χ0n) is 10.5. The number of hydrogen-bond donors (Lipinski definition) is 2. The molecule has 1 aliphatic rings. The van der Waals surface area contributed by atoms with E-state index in [-0.39, 0.29) is 6.42 Å². The smallest absolute Gasteiger partial charge is 0.309 e. The number of fused-ring (bicyclic) bond motifs is 1. The number of carboxylic acid groups (broad SMARTS) is 1. The van der Waals surface area contributed by atoms with Gasteiger partial charge in [-0.05, 0) is 6.42 Å². The molecule has 0 saturated carbocycles. The summed E-state index contributed by atoms with van der Waals surface area (Å²) in [6, 6.07) is 9.73. The van der Waals surface area contributed by atoms with Crippen LogP contribution in [0.4, 0.5) is 5.95 Å². The SMILES string of the molecule is O=C(O)Cc1c(-c2ccccc2)nc2n1CCCN2. The number of rotatable bonds is 3. The maximum absolute atomic E-state index is 11.1. The van der Waals surface area contributed by atoms with Crippen LogP contribution in [-0.4, -0.2) is 27.2 Å². The average molecular weight is 257 g/mol. The summed E-state index contributed by atoms with van der Waals surface area (Å²) in [5, 5.41) is 12.3. The molecule has 0 amide bonds. The highest BCUT2D eigenvalue weighted by Gasteiger charge is 2.21. The summed E-state index contributed by atoms with van der Waals surface area (Å²) in [6.07, 6.45) is 0.989. The quantitative estimate of drug-likeness (QED) is 0.882. The molecular weight excluding hydrogens is 242 g/mol. The number of aliphatic carboxylic acids is 1. The third kappa shape index (κ3) is 2.19. The number of carbonyl (C=O) groups is 1. The van der Waals surface area contributed by atoms with E-state index in [9.17, 15) is 4.79 Å². The van der Waals surface area contributed by atoms with Crippen molar-refractivity contribution in [1.29, 1.82) is 0 Å². The van der Waals surface area contributed by atoms with Crippen LogP contribution in [0.25, 0.3) is 11.3 Å². The normalized spacial score (nSPS) is 13.7. The van der Waals surface area contributed by atoms with Crippen LogP contribution in [0, 0.1) is 0 Å². The van der Waals surface area contributed by atoms with Gasteiger partial charge in [0, 0.05) is 18.7 Å². The second kappa shape index (κ2) is 4.76. The maximum atomic E-state index is 11.1.